The summed E-state index contributed by atoms with van der Waals surface area (Å²) >= 11 is 0. The summed E-state index contributed by atoms with van der Waals surface area (Å²) < 4.78 is 0. The Labute approximate surface area is 114 Å². The van der Waals surface area contributed by atoms with Crippen molar-refractivity contribution in [3.8, 4) is 0 Å². The molecule has 0 bridgehead atoms. The predicted octanol–water partition coefficient (Wildman–Crippen LogP) is 3.32. The minimum Gasteiger partial charge on any atom is -0.252 e. The molecule has 0 unspecified atom stereocenters. The highest BCUT2D eigenvalue weighted by atomic mass is 14.7. The molecule has 1 aromatic carbocycles. The van der Waals surface area contributed by atoms with Gasteiger partial charge in [0.1, 0.15) is 0 Å². The topological polar surface area (TPSA) is 12.9 Å². The number of aryl methyl sites for hydroxylation is 1. The Bertz CT molecular complexity index is 753. The Kier molecular flexibility index (Phi) is 3.14. The highest BCUT2D eigenvalue weighted by molar-refractivity contribution is 5.85. The lowest BCUT2D eigenvalue weighted by atomic mass is 10.1. The van der Waals surface area contributed by atoms with Gasteiger partial charge in [0.05, 0.1) is 5.52 Å². The van der Waals surface area contributed by atoms with Gasteiger partial charge in [0, 0.05) is 16.3 Å². The van der Waals surface area contributed by atoms with Crippen LogP contribution in [0.5, 0.6) is 0 Å². The van der Waals surface area contributed by atoms with Crippen molar-refractivity contribution in [3.05, 3.63) is 40.4 Å². The molecule has 0 saturated heterocycles. The van der Waals surface area contributed by atoms with Gasteiger partial charge < -0.3 is 0 Å². The van der Waals surface area contributed by atoms with Crippen LogP contribution in [-0.2, 0) is 6.42 Å². The van der Waals surface area contributed by atoms with Gasteiger partial charge in [-0.1, -0.05) is 50.1 Å². The second kappa shape index (κ2) is 4.80. The molecular weight excluding hydrogens is 230 g/mol. The molecule has 0 N–H and O–H groups in total. The van der Waals surface area contributed by atoms with Crippen LogP contribution in [0.1, 0.15) is 45.7 Å². The predicted molar refractivity (Wildman–Crippen MR) is 82.4 cm³/mol. The van der Waals surface area contributed by atoms with Crippen LogP contribution in [0.2, 0.25) is 0 Å². The fourth-order valence-electron chi connectivity index (χ4n) is 3.30. The first-order valence-electron chi connectivity index (χ1n) is 7.41. The van der Waals surface area contributed by atoms with Crippen LogP contribution in [0, 0.1) is 0 Å². The first kappa shape index (κ1) is 12.4. The molecule has 1 aliphatic carbocycles. The molecule has 1 heterocycles. The maximum absolute atomic E-state index is 4.90. The van der Waals surface area contributed by atoms with Crippen molar-refractivity contribution in [2.75, 3.05) is 0 Å². The van der Waals surface area contributed by atoms with Crippen molar-refractivity contribution in [2.45, 2.75) is 46.5 Å². The Morgan fingerprint density at radius 3 is 2.26 bits per heavy atom. The number of para-hydroxylation sites is 1. The fraction of sp³-hybridized carbons (Fsp3) is 0.389. The minimum atomic E-state index is 1.02. The number of hydrogen-bond acceptors (Lipinski definition) is 1. The number of hydrogen-bond donors (Lipinski definition) is 0. The van der Waals surface area contributed by atoms with Crippen molar-refractivity contribution >= 4 is 22.0 Å². The number of benzene rings is 1. The van der Waals surface area contributed by atoms with E-state index >= 15 is 0 Å². The third-order valence-electron chi connectivity index (χ3n) is 4.29. The van der Waals surface area contributed by atoms with E-state index < -0.39 is 0 Å². The molecule has 19 heavy (non-hydrogen) atoms. The molecule has 0 saturated carbocycles. The molecule has 0 spiro atoms. The normalized spacial score (nSPS) is 14.3. The van der Waals surface area contributed by atoms with Gasteiger partial charge in [-0.05, 0) is 37.0 Å². The summed E-state index contributed by atoms with van der Waals surface area (Å²) in [5.41, 5.74) is 5.62. The highest BCUT2D eigenvalue weighted by Gasteiger charge is 2.16. The largest absolute Gasteiger partial charge is 0.252 e. The molecule has 1 aromatic heterocycles. The average molecular weight is 251 g/mol. The number of fused-ring (bicyclic) bond motifs is 3. The molecule has 3 rings (SSSR count). The van der Waals surface area contributed by atoms with E-state index in [1.165, 1.54) is 21.5 Å². The van der Waals surface area contributed by atoms with Crippen molar-refractivity contribution in [2.24, 2.45) is 0 Å². The number of pyridine rings is 1. The Balaban J connectivity index is 2.59. The van der Waals surface area contributed by atoms with E-state index in [1.54, 1.807) is 11.1 Å². The van der Waals surface area contributed by atoms with E-state index in [-0.39, 0.29) is 0 Å². The van der Waals surface area contributed by atoms with E-state index in [0.29, 0.717) is 0 Å². The summed E-state index contributed by atoms with van der Waals surface area (Å²) in [5.74, 6) is 0. The van der Waals surface area contributed by atoms with Gasteiger partial charge in [-0.2, -0.15) is 0 Å². The van der Waals surface area contributed by atoms with Crippen LogP contribution in [0.25, 0.3) is 22.0 Å². The number of nitrogens with zero attached hydrogens (tertiary/aromatic N) is 1. The lowest BCUT2D eigenvalue weighted by Crippen LogP contribution is -2.30. The van der Waals surface area contributed by atoms with Crippen LogP contribution in [0.4, 0.5) is 0 Å². The summed E-state index contributed by atoms with van der Waals surface area (Å²) in [6, 6.07) is 8.60. The van der Waals surface area contributed by atoms with Crippen LogP contribution >= 0.6 is 0 Å². The van der Waals surface area contributed by atoms with Crippen molar-refractivity contribution in [1.29, 1.82) is 0 Å². The van der Waals surface area contributed by atoms with E-state index in [1.807, 2.05) is 0 Å². The second-order valence-electron chi connectivity index (χ2n) is 5.27. The zero-order valence-corrected chi connectivity index (χ0v) is 12.1. The van der Waals surface area contributed by atoms with E-state index in [4.69, 9.17) is 4.98 Å². The monoisotopic (exact) mass is 251 g/mol. The van der Waals surface area contributed by atoms with Crippen molar-refractivity contribution in [3.63, 3.8) is 0 Å². The summed E-state index contributed by atoms with van der Waals surface area (Å²) in [7, 11) is 0. The summed E-state index contributed by atoms with van der Waals surface area (Å²) in [6.07, 6.45) is 4.47. The first-order valence-corrected chi connectivity index (χ1v) is 7.41. The van der Waals surface area contributed by atoms with Crippen LogP contribution in [0.15, 0.2) is 24.3 Å². The molecule has 1 aliphatic rings. The smallest absolute Gasteiger partial charge is 0.0711 e. The lowest BCUT2D eigenvalue weighted by molar-refractivity contribution is 1.02. The zero-order valence-electron chi connectivity index (χ0n) is 12.1. The molecule has 0 radical (unpaired) electrons. The van der Waals surface area contributed by atoms with E-state index in [9.17, 15) is 0 Å². The van der Waals surface area contributed by atoms with Crippen LogP contribution in [0.3, 0.4) is 0 Å². The molecule has 0 fully saturated rings. The number of rotatable bonds is 3. The molecule has 2 aromatic rings. The van der Waals surface area contributed by atoms with Crippen LogP contribution < -0.4 is 10.4 Å². The van der Waals surface area contributed by atoms with Crippen molar-refractivity contribution < 1.29 is 0 Å². The Morgan fingerprint density at radius 1 is 0.895 bits per heavy atom. The van der Waals surface area contributed by atoms with Gasteiger partial charge in [-0.15, -0.1) is 0 Å². The maximum Gasteiger partial charge on any atom is 0.0711 e. The average Bonchev–Trinajstić information content (AvgIpc) is 2.85. The Morgan fingerprint density at radius 2 is 1.58 bits per heavy atom. The summed E-state index contributed by atoms with van der Waals surface area (Å²) in [6.45, 7) is 6.76. The molecule has 0 aliphatic heterocycles. The molecule has 1 nitrogen and oxygen atoms in total. The highest BCUT2D eigenvalue weighted by Crippen LogP contribution is 2.22. The standard InChI is InChI=1S/C18H21N/c1-4-12-11-13(5-2)18-15(6-3)19-16-10-8-7-9-14(16)17(12)18/h7-10H,4-6,11H2,1-3H3. The third kappa shape index (κ3) is 1.80. The molecule has 0 amide bonds. The molecule has 98 valence electrons. The van der Waals surface area contributed by atoms with E-state index in [2.05, 4.69) is 45.0 Å². The zero-order chi connectivity index (χ0) is 13.4. The summed E-state index contributed by atoms with van der Waals surface area (Å²) in [5, 5.41) is 4.32. The Hall–Kier alpha value is -1.63. The molecular formula is C18H21N. The SMILES string of the molecule is CCC1=c2c(CC)nc3ccccc3c2=C(CC)C1. The van der Waals surface area contributed by atoms with Crippen molar-refractivity contribution in [1.82, 2.24) is 4.98 Å². The third-order valence-corrected chi connectivity index (χ3v) is 4.29. The number of aromatic nitrogens is 1. The quantitative estimate of drug-likeness (QED) is 0.815. The van der Waals surface area contributed by atoms with E-state index in [0.717, 1.165) is 31.2 Å². The van der Waals surface area contributed by atoms with Gasteiger partial charge in [0.2, 0.25) is 0 Å². The van der Waals surface area contributed by atoms with Gasteiger partial charge in [0.15, 0.2) is 0 Å². The van der Waals surface area contributed by atoms with Gasteiger partial charge >= 0.3 is 0 Å². The first-order chi connectivity index (χ1) is 9.30. The molecule has 1 heteroatoms. The van der Waals surface area contributed by atoms with Gasteiger partial charge in [-0.25, -0.2) is 0 Å². The van der Waals surface area contributed by atoms with Gasteiger partial charge in [0.25, 0.3) is 0 Å². The maximum atomic E-state index is 4.90. The second-order valence-corrected chi connectivity index (χ2v) is 5.27. The van der Waals surface area contributed by atoms with Crippen LogP contribution in [-0.4, -0.2) is 4.98 Å². The molecule has 0 atom stereocenters. The van der Waals surface area contributed by atoms with Gasteiger partial charge in [-0.3, -0.25) is 4.98 Å². The minimum absolute atomic E-state index is 1.02. The fourth-order valence-corrected chi connectivity index (χ4v) is 3.30. The lowest BCUT2D eigenvalue weighted by Gasteiger charge is -2.05. The summed E-state index contributed by atoms with van der Waals surface area (Å²) in [4.78, 5) is 4.90.